The van der Waals surface area contributed by atoms with E-state index in [0.29, 0.717) is 67.0 Å². The van der Waals surface area contributed by atoms with Gasteiger partial charge in [-0.2, -0.15) is 0 Å². The van der Waals surface area contributed by atoms with Gasteiger partial charge in [-0.1, -0.05) is 35.5 Å². The van der Waals surface area contributed by atoms with E-state index < -0.39 is 34.3 Å². The number of ether oxygens (including phenoxy) is 5. The molecule has 1 saturated carbocycles. The molecule has 0 radical (unpaired) electrons. The maximum Gasteiger partial charge on any atom is 0.333 e. The summed E-state index contributed by atoms with van der Waals surface area (Å²) in [7, 11) is 0. The van der Waals surface area contributed by atoms with Crippen LogP contribution in [0.5, 0.6) is 17.2 Å². The fraction of sp³-hybridized carbons (Fsp3) is 0.568. The van der Waals surface area contributed by atoms with Crippen LogP contribution in [-0.4, -0.2) is 89.4 Å². The van der Waals surface area contributed by atoms with Crippen LogP contribution >= 0.6 is 0 Å². The normalized spacial score (nSPS) is 30.4. The lowest BCUT2D eigenvalue weighted by Gasteiger charge is -2.56. The highest BCUT2D eigenvalue weighted by Gasteiger charge is 2.81. The number of allylic oxidation sites excluding steroid dienone is 5. The van der Waals surface area contributed by atoms with Crippen molar-refractivity contribution >= 4 is 23.6 Å². The summed E-state index contributed by atoms with van der Waals surface area (Å²) in [6.07, 6.45) is 13.8. The number of rotatable bonds is 11. The number of phenolic OH excluding ortho intramolecular Hbond substituents is 1. The Morgan fingerprint density at radius 2 is 1.72 bits per heavy atom. The van der Waals surface area contributed by atoms with Gasteiger partial charge in [0.25, 0.3) is 0 Å². The van der Waals surface area contributed by atoms with Gasteiger partial charge >= 0.3 is 5.97 Å². The van der Waals surface area contributed by atoms with Crippen molar-refractivity contribution in [2.24, 2.45) is 11.8 Å². The molecule has 7 aliphatic rings. The van der Waals surface area contributed by atoms with E-state index in [1.54, 1.807) is 19.1 Å². The number of carbonyl (C=O) groups is 3. The maximum absolute atomic E-state index is 15.0. The third kappa shape index (κ3) is 6.18. The topological polar surface area (TPSA) is 121 Å². The molecular weight excluding hydrogens is 686 g/mol. The second-order valence-corrected chi connectivity index (χ2v) is 17.0. The van der Waals surface area contributed by atoms with Gasteiger partial charge in [0, 0.05) is 54.6 Å². The quantitative estimate of drug-likeness (QED) is 0.144. The standard InChI is InChI=1S/C44H55NO9/c1-26(2)10-9-15-42(8)16-14-30-35(46)34-36(47)32-24-29-25-33-41(6,7)54-43(39(29)48,17-13-28(5)40(49)51-23-20-45-18-21-50-22-19-45)44(32,33)53-38(34)31(37(30)52-42)12-11-27(3)4/h10-11,13-14,16,24,29,33,46H,9,12,15,17-23,25H2,1-8H3/b28-13-/t29-,33?,42-,43+,44-/m1/s1. The highest BCUT2D eigenvalue weighted by atomic mass is 16.6. The summed E-state index contributed by atoms with van der Waals surface area (Å²) in [6.45, 7) is 19.5. The first-order valence-corrected chi connectivity index (χ1v) is 19.4. The van der Waals surface area contributed by atoms with Gasteiger partial charge in [-0.3, -0.25) is 14.5 Å². The number of phenols is 1. The van der Waals surface area contributed by atoms with Crippen molar-refractivity contribution in [2.45, 2.75) is 110 Å². The molecule has 1 N–H and O–H groups in total. The van der Waals surface area contributed by atoms with Crippen LogP contribution in [-0.2, 0) is 30.2 Å². The molecule has 3 fully saturated rings. The number of hydrogen-bond acceptors (Lipinski definition) is 10. The van der Waals surface area contributed by atoms with Crippen LogP contribution in [0.4, 0.5) is 0 Å². The summed E-state index contributed by atoms with van der Waals surface area (Å²) in [5.74, 6) is -1.48. The molecule has 0 aromatic heterocycles. The highest BCUT2D eigenvalue weighted by Crippen LogP contribution is 2.68. The Labute approximate surface area is 318 Å². The van der Waals surface area contributed by atoms with Crippen molar-refractivity contribution in [1.82, 2.24) is 4.90 Å². The SMILES string of the molecule is CC(C)=CCC[C@]1(C)C=Cc2c(O)c3c(c(CC=C(C)C)c2O1)O[C@]12C(=C[C@@H]4CC1C(C)(C)O[C@@]2(C/C=C(/C)C(=O)OCCN1CCOCC1)C4=O)C3=O. The molecule has 290 valence electrons. The van der Waals surface area contributed by atoms with Gasteiger partial charge in [0.15, 0.2) is 22.8 Å². The molecule has 10 nitrogen and oxygen atoms in total. The molecule has 0 amide bonds. The van der Waals surface area contributed by atoms with Crippen molar-refractivity contribution in [2.75, 3.05) is 39.5 Å². The monoisotopic (exact) mass is 741 g/mol. The number of hydrogen-bond donors (Lipinski definition) is 1. The van der Waals surface area contributed by atoms with Gasteiger partial charge in [0.05, 0.1) is 24.4 Å². The lowest BCUT2D eigenvalue weighted by Crippen LogP contribution is -2.72. The Morgan fingerprint density at radius 1 is 1.00 bits per heavy atom. The maximum atomic E-state index is 15.0. The number of Topliss-reactive ketones (excluding diaryl/α,β-unsaturated/α-hetero) is 2. The second kappa shape index (κ2) is 13.9. The van der Waals surface area contributed by atoms with Crippen LogP contribution in [0.2, 0.25) is 0 Å². The average molecular weight is 742 g/mol. The van der Waals surface area contributed by atoms with E-state index in [0.717, 1.165) is 25.1 Å². The third-order valence-corrected chi connectivity index (χ3v) is 12.2. The van der Waals surface area contributed by atoms with Crippen molar-refractivity contribution < 1.29 is 43.2 Å². The first-order valence-electron chi connectivity index (χ1n) is 19.4. The Hall–Kier alpha value is -3.99. The molecule has 4 bridgehead atoms. The predicted octanol–water partition coefficient (Wildman–Crippen LogP) is 7.03. The summed E-state index contributed by atoms with van der Waals surface area (Å²) in [6, 6.07) is 0. The first-order chi connectivity index (χ1) is 25.5. The molecule has 1 aromatic rings. The largest absolute Gasteiger partial charge is 0.506 e. The van der Waals surface area contributed by atoms with Gasteiger partial charge in [-0.05, 0) is 93.2 Å². The van der Waals surface area contributed by atoms with E-state index in [-0.39, 0.29) is 47.6 Å². The smallest absolute Gasteiger partial charge is 0.333 e. The van der Waals surface area contributed by atoms with Gasteiger partial charge in [-0.15, -0.1) is 0 Å². The van der Waals surface area contributed by atoms with Crippen molar-refractivity contribution in [3.05, 3.63) is 69.4 Å². The van der Waals surface area contributed by atoms with Crippen molar-refractivity contribution in [3.63, 3.8) is 0 Å². The fourth-order valence-electron chi connectivity index (χ4n) is 9.37. The van der Waals surface area contributed by atoms with E-state index in [1.165, 1.54) is 5.57 Å². The van der Waals surface area contributed by atoms with Crippen LogP contribution < -0.4 is 9.47 Å². The average Bonchev–Trinajstić information content (AvgIpc) is 3.27. The molecule has 4 aliphatic heterocycles. The van der Waals surface area contributed by atoms with Crippen LogP contribution in [0.1, 0.15) is 103 Å². The molecule has 1 spiro atoms. The summed E-state index contributed by atoms with van der Waals surface area (Å²) in [5.41, 5.74) is -0.514. The number of nitrogens with zero attached hydrogens (tertiary/aromatic N) is 1. The molecule has 1 unspecified atom stereocenters. The third-order valence-electron chi connectivity index (χ3n) is 12.2. The fourth-order valence-corrected chi connectivity index (χ4v) is 9.37. The molecule has 10 heteroatoms. The van der Waals surface area contributed by atoms with Crippen LogP contribution in [0.3, 0.4) is 0 Å². The number of morpholine rings is 1. The van der Waals surface area contributed by atoms with E-state index in [4.69, 9.17) is 23.7 Å². The van der Waals surface area contributed by atoms with Crippen LogP contribution in [0.15, 0.2) is 52.7 Å². The number of ketones is 2. The highest BCUT2D eigenvalue weighted by molar-refractivity contribution is 6.19. The predicted molar refractivity (Wildman–Crippen MR) is 205 cm³/mol. The van der Waals surface area contributed by atoms with Crippen LogP contribution in [0, 0.1) is 11.8 Å². The Kier molecular flexibility index (Phi) is 9.89. The summed E-state index contributed by atoms with van der Waals surface area (Å²) in [4.78, 5) is 45.0. The van der Waals surface area contributed by atoms with Gasteiger partial charge in [0.1, 0.15) is 35.0 Å². The van der Waals surface area contributed by atoms with E-state index in [2.05, 4.69) is 30.9 Å². The Balaban J connectivity index is 1.30. The van der Waals surface area contributed by atoms with Crippen molar-refractivity contribution in [1.29, 1.82) is 0 Å². The lowest BCUT2D eigenvalue weighted by atomic mass is 9.51. The molecule has 8 rings (SSSR count). The summed E-state index contributed by atoms with van der Waals surface area (Å²) < 4.78 is 32.0. The van der Waals surface area contributed by atoms with E-state index >= 15 is 0 Å². The van der Waals surface area contributed by atoms with E-state index in [9.17, 15) is 19.5 Å². The number of benzene rings is 1. The van der Waals surface area contributed by atoms with Crippen molar-refractivity contribution in [3.8, 4) is 17.2 Å². The molecular formula is C44H55NO9. The summed E-state index contributed by atoms with van der Waals surface area (Å²) >= 11 is 0. The molecule has 54 heavy (non-hydrogen) atoms. The molecule has 3 aliphatic carbocycles. The first kappa shape index (κ1) is 38.3. The minimum absolute atomic E-state index is 0.00845. The number of fused-ring (bicyclic) bond motifs is 2. The Morgan fingerprint density at radius 3 is 2.43 bits per heavy atom. The van der Waals surface area contributed by atoms with Gasteiger partial charge < -0.3 is 28.8 Å². The van der Waals surface area contributed by atoms with E-state index in [1.807, 2.05) is 46.8 Å². The molecule has 5 atom stereocenters. The lowest BCUT2D eigenvalue weighted by molar-refractivity contribution is -0.171. The molecule has 4 heterocycles. The second-order valence-electron chi connectivity index (χ2n) is 17.0. The zero-order valence-corrected chi connectivity index (χ0v) is 33.1. The number of aromatic hydroxyl groups is 1. The number of esters is 1. The minimum atomic E-state index is -1.60. The molecule has 2 saturated heterocycles. The van der Waals surface area contributed by atoms with Gasteiger partial charge in [-0.25, -0.2) is 4.79 Å². The zero-order valence-electron chi connectivity index (χ0n) is 33.1. The zero-order chi connectivity index (χ0) is 38.8. The molecule has 1 aromatic carbocycles. The number of carbonyl (C=O) groups excluding carboxylic acids is 3. The summed E-state index contributed by atoms with van der Waals surface area (Å²) in [5, 5.41) is 11.9. The van der Waals surface area contributed by atoms with Crippen LogP contribution in [0.25, 0.3) is 6.08 Å². The Bertz CT molecular complexity index is 1920. The minimum Gasteiger partial charge on any atom is -0.506 e. The van der Waals surface area contributed by atoms with Gasteiger partial charge in [0.2, 0.25) is 0 Å².